The van der Waals surface area contributed by atoms with E-state index in [1.54, 1.807) is 6.20 Å². The van der Waals surface area contributed by atoms with E-state index in [9.17, 15) is 4.79 Å². The van der Waals surface area contributed by atoms with Gasteiger partial charge in [0.05, 0.1) is 13.3 Å². The van der Waals surface area contributed by atoms with E-state index < -0.39 is 12.0 Å². The maximum absolute atomic E-state index is 12.6. The number of fused-ring (bicyclic) bond motifs is 1. The number of aromatic nitrogens is 7. The molecule has 4 aromatic rings. The van der Waals surface area contributed by atoms with Gasteiger partial charge in [-0.3, -0.25) is 0 Å². The van der Waals surface area contributed by atoms with Crippen LogP contribution < -0.4 is 9.64 Å². The van der Waals surface area contributed by atoms with E-state index in [4.69, 9.17) is 21.1 Å². The second kappa shape index (κ2) is 10.3. The van der Waals surface area contributed by atoms with Crippen LogP contribution in [0.25, 0.3) is 10.9 Å². The number of piperidine rings is 1. The van der Waals surface area contributed by atoms with Crippen molar-refractivity contribution in [1.82, 2.24) is 34.9 Å². The number of esters is 1. The molecule has 3 aromatic heterocycles. The van der Waals surface area contributed by atoms with Crippen molar-refractivity contribution in [3.05, 3.63) is 53.2 Å². The highest BCUT2D eigenvalue weighted by molar-refractivity contribution is 6.28. The predicted octanol–water partition coefficient (Wildman–Crippen LogP) is 3.12. The number of para-hydroxylation sites is 1. The number of hydrogen-bond acceptors (Lipinski definition) is 9. The van der Waals surface area contributed by atoms with Crippen molar-refractivity contribution in [2.75, 3.05) is 25.1 Å². The summed E-state index contributed by atoms with van der Waals surface area (Å²) in [7, 11) is 1.36. The number of rotatable bonds is 8. The molecular formula is C23H25ClN8O3. The number of carbonyl (C=O) groups excluding carboxylic acids is 1. The number of hydrogen-bond donors (Lipinski definition) is 1. The molecule has 0 radical (unpaired) electrons. The summed E-state index contributed by atoms with van der Waals surface area (Å²) in [4.78, 5) is 30.6. The van der Waals surface area contributed by atoms with Gasteiger partial charge in [0.2, 0.25) is 11.2 Å². The predicted molar refractivity (Wildman–Crippen MR) is 128 cm³/mol. The maximum Gasteiger partial charge on any atom is 0.331 e. The van der Waals surface area contributed by atoms with E-state index in [1.807, 2.05) is 30.5 Å². The van der Waals surface area contributed by atoms with Gasteiger partial charge >= 0.3 is 12.0 Å². The number of benzene rings is 1. The zero-order valence-electron chi connectivity index (χ0n) is 19.2. The second-order valence-corrected chi connectivity index (χ2v) is 8.65. The van der Waals surface area contributed by atoms with Gasteiger partial charge in [-0.2, -0.15) is 15.0 Å². The Balaban J connectivity index is 1.30. The number of nitrogens with zero attached hydrogens (tertiary/aromatic N) is 7. The first kappa shape index (κ1) is 23.0. The Hall–Kier alpha value is -3.73. The molecule has 12 heteroatoms. The minimum Gasteiger partial charge on any atom is -0.467 e. The largest absolute Gasteiger partial charge is 0.467 e. The van der Waals surface area contributed by atoms with Crippen LogP contribution in [-0.4, -0.2) is 61.1 Å². The van der Waals surface area contributed by atoms with Crippen molar-refractivity contribution in [1.29, 1.82) is 0 Å². The Bertz CT molecular complexity index is 1320. The quantitative estimate of drug-likeness (QED) is 0.366. The fourth-order valence-corrected chi connectivity index (χ4v) is 4.37. The minimum atomic E-state index is -0.683. The third-order valence-corrected chi connectivity index (χ3v) is 6.17. The van der Waals surface area contributed by atoms with Gasteiger partial charge in [-0.15, -0.1) is 5.10 Å². The number of nitrogens with one attached hydrogen (secondary N) is 1. The summed E-state index contributed by atoms with van der Waals surface area (Å²) < 4.78 is 12.3. The van der Waals surface area contributed by atoms with Crippen LogP contribution in [-0.2, 0) is 22.6 Å². The summed E-state index contributed by atoms with van der Waals surface area (Å²) in [6, 6.07) is 7.34. The molecule has 1 aromatic carbocycles. The number of methoxy groups -OCH3 is 1. The molecule has 1 aliphatic rings. The summed E-state index contributed by atoms with van der Waals surface area (Å²) in [5.41, 5.74) is 2.49. The molecule has 35 heavy (non-hydrogen) atoms. The van der Waals surface area contributed by atoms with Gasteiger partial charge in [-0.1, -0.05) is 23.4 Å². The summed E-state index contributed by atoms with van der Waals surface area (Å²) >= 11 is 6.10. The van der Waals surface area contributed by atoms with Crippen LogP contribution in [0.3, 0.4) is 0 Å². The van der Waals surface area contributed by atoms with Crippen molar-refractivity contribution in [3.8, 4) is 6.01 Å². The summed E-state index contributed by atoms with van der Waals surface area (Å²) in [6.07, 6.45) is 7.31. The van der Waals surface area contributed by atoms with Crippen molar-refractivity contribution < 1.29 is 14.3 Å². The number of H-pyrrole nitrogens is 1. The van der Waals surface area contributed by atoms with Crippen LogP contribution in [0.5, 0.6) is 6.01 Å². The Kier molecular flexibility index (Phi) is 6.75. The molecule has 1 N–H and O–H groups in total. The van der Waals surface area contributed by atoms with Gasteiger partial charge < -0.3 is 19.4 Å². The van der Waals surface area contributed by atoms with Crippen molar-refractivity contribution >= 4 is 34.4 Å². The highest BCUT2D eigenvalue weighted by atomic mass is 35.5. The lowest BCUT2D eigenvalue weighted by Gasteiger charge is -2.26. The highest BCUT2D eigenvalue weighted by Crippen LogP contribution is 2.24. The molecule has 11 nitrogen and oxygen atoms in total. The smallest absolute Gasteiger partial charge is 0.331 e. The van der Waals surface area contributed by atoms with E-state index in [2.05, 4.69) is 35.1 Å². The summed E-state index contributed by atoms with van der Waals surface area (Å²) in [5.74, 6) is 0.0934. The Labute approximate surface area is 206 Å². The lowest BCUT2D eigenvalue weighted by molar-refractivity contribution is -0.144. The molecule has 0 aliphatic carbocycles. The molecule has 0 unspecified atom stereocenters. The molecule has 0 saturated carbocycles. The molecule has 1 atom stereocenters. The van der Waals surface area contributed by atoms with Gasteiger partial charge in [0.15, 0.2) is 6.04 Å². The van der Waals surface area contributed by atoms with Crippen LogP contribution in [0.15, 0.2) is 36.7 Å². The molecule has 0 bridgehead atoms. The molecule has 0 amide bonds. The van der Waals surface area contributed by atoms with Gasteiger partial charge in [-0.05, 0) is 42.5 Å². The SMILES string of the molecule is COC(=O)[C@H](Cc1c[nH]c2ccccc12)n1cc(COc2nc(Cl)nc(N3CCCCC3)n2)nn1. The summed E-state index contributed by atoms with van der Waals surface area (Å²) in [5, 5.41) is 9.42. The van der Waals surface area contributed by atoms with E-state index in [1.165, 1.54) is 18.2 Å². The van der Waals surface area contributed by atoms with Gasteiger partial charge in [0, 0.05) is 36.6 Å². The monoisotopic (exact) mass is 496 g/mol. The number of halogens is 1. The second-order valence-electron chi connectivity index (χ2n) is 8.32. The van der Waals surface area contributed by atoms with E-state index in [-0.39, 0.29) is 17.9 Å². The van der Waals surface area contributed by atoms with Crippen molar-refractivity contribution in [3.63, 3.8) is 0 Å². The number of carbonyl (C=O) groups is 1. The normalized spacial score (nSPS) is 14.7. The summed E-state index contributed by atoms with van der Waals surface area (Å²) in [6.45, 7) is 1.81. The Morgan fingerprint density at radius 3 is 2.83 bits per heavy atom. The van der Waals surface area contributed by atoms with Gasteiger partial charge in [0.25, 0.3) is 0 Å². The lowest BCUT2D eigenvalue weighted by atomic mass is 10.1. The van der Waals surface area contributed by atoms with Crippen LogP contribution in [0.1, 0.15) is 36.6 Å². The van der Waals surface area contributed by atoms with Crippen molar-refractivity contribution in [2.45, 2.75) is 38.3 Å². The average Bonchev–Trinajstić information content (AvgIpc) is 3.53. The van der Waals surface area contributed by atoms with Crippen LogP contribution >= 0.6 is 11.6 Å². The molecule has 5 rings (SSSR count). The third-order valence-electron chi connectivity index (χ3n) is 6.00. The standard InChI is InChI=1S/C23H25ClN8O3/c1-34-20(33)19(11-15-12-25-18-8-4-3-7-17(15)18)32-13-16(29-30-32)14-35-23-27-21(24)26-22(28-23)31-9-5-2-6-10-31/h3-4,7-8,12-13,19,25H,2,5-6,9-11,14H2,1H3/t19-/m0/s1. The fourth-order valence-electron chi connectivity index (χ4n) is 4.22. The molecule has 1 aliphatic heterocycles. The number of anilines is 1. The third kappa shape index (κ3) is 5.19. The molecule has 182 valence electrons. The average molecular weight is 497 g/mol. The topological polar surface area (TPSA) is 124 Å². The van der Waals surface area contributed by atoms with Crippen LogP contribution in [0.2, 0.25) is 5.28 Å². The zero-order valence-corrected chi connectivity index (χ0v) is 20.0. The Morgan fingerprint density at radius 2 is 2.00 bits per heavy atom. The highest BCUT2D eigenvalue weighted by Gasteiger charge is 2.25. The first-order valence-corrected chi connectivity index (χ1v) is 11.8. The zero-order chi connectivity index (χ0) is 24.2. The Morgan fingerprint density at radius 1 is 1.17 bits per heavy atom. The molecular weight excluding hydrogens is 472 g/mol. The van der Waals surface area contributed by atoms with Crippen LogP contribution in [0, 0.1) is 0 Å². The number of aromatic amines is 1. The minimum absolute atomic E-state index is 0.0563. The van der Waals surface area contributed by atoms with E-state index in [0.29, 0.717) is 18.1 Å². The van der Waals surface area contributed by atoms with E-state index in [0.717, 1.165) is 42.4 Å². The van der Waals surface area contributed by atoms with E-state index >= 15 is 0 Å². The lowest BCUT2D eigenvalue weighted by Crippen LogP contribution is -2.31. The number of ether oxygens (including phenoxy) is 2. The fraction of sp³-hybridized carbons (Fsp3) is 0.391. The molecule has 1 saturated heterocycles. The first-order chi connectivity index (χ1) is 17.1. The molecule has 0 spiro atoms. The molecule has 4 heterocycles. The molecule has 1 fully saturated rings. The van der Waals surface area contributed by atoms with Gasteiger partial charge in [0.1, 0.15) is 12.3 Å². The van der Waals surface area contributed by atoms with Crippen molar-refractivity contribution in [2.24, 2.45) is 0 Å². The van der Waals surface area contributed by atoms with Gasteiger partial charge in [-0.25, -0.2) is 9.48 Å². The maximum atomic E-state index is 12.6. The first-order valence-electron chi connectivity index (χ1n) is 11.4. The van der Waals surface area contributed by atoms with Crippen LogP contribution in [0.4, 0.5) is 5.95 Å².